The van der Waals surface area contributed by atoms with E-state index in [2.05, 4.69) is 24.0 Å². The number of aromatic nitrogens is 2. The Kier molecular flexibility index (Phi) is 7.31. The van der Waals surface area contributed by atoms with Crippen LogP contribution in [-0.4, -0.2) is 58.1 Å². The van der Waals surface area contributed by atoms with Gasteiger partial charge in [0.05, 0.1) is 19.8 Å². The molecule has 0 unspecified atom stereocenters. The number of aliphatic hydroxyl groups is 1. The highest BCUT2D eigenvalue weighted by atomic mass is 16.5. The van der Waals surface area contributed by atoms with Crippen molar-refractivity contribution in [1.82, 2.24) is 15.1 Å². The lowest BCUT2D eigenvalue weighted by Crippen LogP contribution is -2.31. The number of nitrogens with one attached hydrogen (secondary N) is 1. The molecule has 1 aliphatic rings. The van der Waals surface area contributed by atoms with Crippen molar-refractivity contribution in [2.24, 2.45) is 5.92 Å². The van der Waals surface area contributed by atoms with Gasteiger partial charge in [0, 0.05) is 24.3 Å². The highest BCUT2D eigenvalue weighted by molar-refractivity contribution is 6.00. The van der Waals surface area contributed by atoms with E-state index in [1.165, 1.54) is 0 Å². The van der Waals surface area contributed by atoms with Crippen LogP contribution >= 0.6 is 0 Å². The van der Waals surface area contributed by atoms with E-state index in [1.807, 2.05) is 37.3 Å². The first-order valence-electron chi connectivity index (χ1n) is 12.0. The van der Waals surface area contributed by atoms with Gasteiger partial charge in [-0.1, -0.05) is 31.5 Å². The average Bonchev–Trinajstić information content (AvgIpc) is 3.38. The molecule has 3 N–H and O–H groups in total. The Morgan fingerprint density at radius 2 is 1.97 bits per heavy atom. The van der Waals surface area contributed by atoms with Gasteiger partial charge in [-0.25, -0.2) is 0 Å². The Bertz CT molecular complexity index is 1200. The summed E-state index contributed by atoms with van der Waals surface area (Å²) in [6.07, 6.45) is 1.37. The van der Waals surface area contributed by atoms with Crippen molar-refractivity contribution in [1.29, 1.82) is 0 Å². The van der Waals surface area contributed by atoms with Crippen LogP contribution in [0.15, 0.2) is 36.4 Å². The van der Waals surface area contributed by atoms with Gasteiger partial charge in [0.25, 0.3) is 5.91 Å². The molecule has 1 atom stereocenters. The molecular formula is C27H33N3O5. The summed E-state index contributed by atoms with van der Waals surface area (Å²) in [4.78, 5) is 15.1. The monoisotopic (exact) mass is 479 g/mol. The maximum absolute atomic E-state index is 13.4. The summed E-state index contributed by atoms with van der Waals surface area (Å²) < 4.78 is 11.6. The number of aryl methyl sites for hydroxylation is 1. The van der Waals surface area contributed by atoms with Crippen molar-refractivity contribution in [2.45, 2.75) is 39.7 Å². The Morgan fingerprint density at radius 1 is 1.17 bits per heavy atom. The number of carbonyl (C=O) groups excluding carboxylic acids is 1. The first kappa shape index (κ1) is 24.6. The number of amides is 1. The molecule has 0 saturated carbocycles. The highest BCUT2D eigenvalue weighted by Crippen LogP contribution is 2.46. The molecule has 8 heteroatoms. The second-order valence-electron chi connectivity index (χ2n) is 9.30. The predicted octanol–water partition coefficient (Wildman–Crippen LogP) is 4.45. The number of hydrogen-bond donors (Lipinski definition) is 3. The van der Waals surface area contributed by atoms with E-state index in [9.17, 15) is 15.0 Å². The van der Waals surface area contributed by atoms with E-state index < -0.39 is 6.04 Å². The largest absolute Gasteiger partial charge is 0.507 e. The van der Waals surface area contributed by atoms with Gasteiger partial charge < -0.3 is 24.6 Å². The Morgan fingerprint density at radius 3 is 2.69 bits per heavy atom. The molecule has 0 spiro atoms. The van der Waals surface area contributed by atoms with E-state index in [4.69, 9.17) is 9.47 Å². The van der Waals surface area contributed by atoms with E-state index in [0.29, 0.717) is 59.5 Å². The number of rotatable bonds is 10. The quantitative estimate of drug-likeness (QED) is 0.396. The standard InChI is InChI=1S/C27H33N3O5/c1-16(2)10-13-35-21-9-7-18(15-22(21)34-4)26-23-24(19-14-17(3)6-8-20(19)32)28-29-25(23)27(33)30(26)11-5-12-31/h6-9,14-16,26,31-32H,5,10-13H2,1-4H3,(H,28,29)/t26-/m0/s1. The number of fused-ring (bicyclic) bond motifs is 1. The molecule has 186 valence electrons. The maximum atomic E-state index is 13.4. The van der Waals surface area contributed by atoms with Gasteiger partial charge in [0.2, 0.25) is 0 Å². The molecule has 1 aromatic heterocycles. The van der Waals surface area contributed by atoms with Crippen molar-refractivity contribution in [2.75, 3.05) is 26.9 Å². The van der Waals surface area contributed by atoms with Crippen LogP contribution in [0.3, 0.4) is 0 Å². The van der Waals surface area contributed by atoms with Crippen molar-refractivity contribution in [3.8, 4) is 28.5 Å². The third-order valence-corrected chi connectivity index (χ3v) is 6.28. The minimum Gasteiger partial charge on any atom is -0.507 e. The Labute approximate surface area is 205 Å². The molecule has 8 nitrogen and oxygen atoms in total. The third-order valence-electron chi connectivity index (χ3n) is 6.28. The number of methoxy groups -OCH3 is 1. The lowest BCUT2D eigenvalue weighted by molar-refractivity contribution is 0.0732. The zero-order chi connectivity index (χ0) is 25.1. The number of phenols is 1. The van der Waals surface area contributed by atoms with Crippen molar-refractivity contribution < 1.29 is 24.5 Å². The van der Waals surface area contributed by atoms with Gasteiger partial charge >= 0.3 is 0 Å². The number of H-pyrrole nitrogens is 1. The molecule has 35 heavy (non-hydrogen) atoms. The topological polar surface area (TPSA) is 108 Å². The van der Waals surface area contributed by atoms with Crippen molar-refractivity contribution in [3.63, 3.8) is 0 Å². The van der Waals surface area contributed by atoms with Crippen molar-refractivity contribution in [3.05, 3.63) is 58.8 Å². The maximum Gasteiger partial charge on any atom is 0.273 e. The fraction of sp³-hybridized carbons (Fsp3) is 0.407. The summed E-state index contributed by atoms with van der Waals surface area (Å²) >= 11 is 0. The van der Waals surface area contributed by atoms with E-state index >= 15 is 0 Å². The van der Waals surface area contributed by atoms with Gasteiger partial charge in [-0.15, -0.1) is 0 Å². The number of carbonyl (C=O) groups is 1. The lowest BCUT2D eigenvalue weighted by Gasteiger charge is -2.27. The van der Waals surface area contributed by atoms with E-state index in [0.717, 1.165) is 17.5 Å². The Hall–Kier alpha value is -3.52. The highest BCUT2D eigenvalue weighted by Gasteiger charge is 2.42. The van der Waals surface area contributed by atoms with Crippen molar-refractivity contribution >= 4 is 5.91 Å². The number of nitrogens with zero attached hydrogens (tertiary/aromatic N) is 2. The Balaban J connectivity index is 1.79. The third kappa shape index (κ3) is 4.84. The molecule has 0 bridgehead atoms. The molecule has 0 radical (unpaired) electrons. The molecule has 0 fully saturated rings. The van der Waals surface area contributed by atoms with Crippen LogP contribution < -0.4 is 9.47 Å². The van der Waals surface area contributed by atoms with Gasteiger partial charge in [0.1, 0.15) is 17.1 Å². The molecule has 2 aromatic carbocycles. The van der Waals surface area contributed by atoms with Crippen LogP contribution in [0.4, 0.5) is 0 Å². The number of aliphatic hydroxyl groups excluding tert-OH is 1. The number of aromatic hydroxyl groups is 1. The summed E-state index contributed by atoms with van der Waals surface area (Å²) in [5.74, 6) is 1.66. The molecule has 1 amide bonds. The number of hydrogen-bond acceptors (Lipinski definition) is 6. The fourth-order valence-corrected chi connectivity index (χ4v) is 4.44. The second-order valence-corrected chi connectivity index (χ2v) is 9.30. The van der Waals surface area contributed by atoms with Crippen LogP contribution in [-0.2, 0) is 0 Å². The van der Waals surface area contributed by atoms with Gasteiger partial charge in [0.15, 0.2) is 11.5 Å². The first-order valence-corrected chi connectivity index (χ1v) is 12.0. The summed E-state index contributed by atoms with van der Waals surface area (Å²) in [6.45, 7) is 7.16. The number of phenolic OH excluding ortho intramolecular Hbond substituents is 1. The molecule has 3 aromatic rings. The zero-order valence-electron chi connectivity index (χ0n) is 20.7. The van der Waals surface area contributed by atoms with Gasteiger partial charge in [-0.3, -0.25) is 9.89 Å². The van der Waals surface area contributed by atoms with Crippen LogP contribution in [0.1, 0.15) is 59.9 Å². The molecular weight excluding hydrogens is 446 g/mol. The average molecular weight is 480 g/mol. The summed E-state index contributed by atoms with van der Waals surface area (Å²) in [5, 5.41) is 27.4. The van der Waals surface area contributed by atoms with Crippen LogP contribution in [0.5, 0.6) is 17.2 Å². The summed E-state index contributed by atoms with van der Waals surface area (Å²) in [5.41, 5.74) is 3.98. The number of ether oxygens (including phenoxy) is 2. The van der Waals surface area contributed by atoms with Gasteiger partial charge in [-0.05, 0) is 55.5 Å². The molecule has 4 rings (SSSR count). The fourth-order valence-electron chi connectivity index (χ4n) is 4.44. The minimum absolute atomic E-state index is 0.0276. The summed E-state index contributed by atoms with van der Waals surface area (Å²) in [6, 6.07) is 10.5. The lowest BCUT2D eigenvalue weighted by atomic mass is 9.94. The minimum atomic E-state index is -0.462. The van der Waals surface area contributed by atoms with E-state index in [1.54, 1.807) is 18.1 Å². The SMILES string of the molecule is COc1cc([C@H]2c3c(-c4cc(C)ccc4O)n[nH]c3C(=O)N2CCCO)ccc1OCCC(C)C. The second kappa shape index (κ2) is 10.4. The van der Waals surface area contributed by atoms with Crippen LogP contribution in [0.25, 0.3) is 11.3 Å². The van der Waals surface area contributed by atoms with E-state index in [-0.39, 0.29) is 18.3 Å². The molecule has 2 heterocycles. The van der Waals surface area contributed by atoms with Crippen LogP contribution in [0.2, 0.25) is 0 Å². The zero-order valence-corrected chi connectivity index (χ0v) is 20.7. The molecule has 0 aliphatic carbocycles. The number of benzene rings is 2. The first-order chi connectivity index (χ1) is 16.8. The van der Waals surface area contributed by atoms with Gasteiger partial charge in [-0.2, -0.15) is 5.10 Å². The number of aromatic amines is 1. The summed E-state index contributed by atoms with van der Waals surface area (Å²) in [7, 11) is 1.59. The smallest absolute Gasteiger partial charge is 0.273 e. The van der Waals surface area contributed by atoms with Crippen LogP contribution in [0, 0.1) is 12.8 Å². The normalized spacial score (nSPS) is 15.1. The molecule has 1 aliphatic heterocycles. The molecule has 0 saturated heterocycles. The predicted molar refractivity (Wildman–Crippen MR) is 133 cm³/mol.